The maximum Gasteiger partial charge on any atom is 0.342 e. The number of nitrogens with one attached hydrogen (secondary N) is 1. The minimum absolute atomic E-state index is 0.0472. The Morgan fingerprint density at radius 3 is 2.48 bits per heavy atom. The normalized spacial score (nSPS) is 10.9. The third-order valence-electron chi connectivity index (χ3n) is 4.92. The molecule has 33 heavy (non-hydrogen) atoms. The van der Waals surface area contributed by atoms with Crippen LogP contribution in [0.5, 0.6) is 0 Å². The van der Waals surface area contributed by atoms with E-state index in [2.05, 4.69) is 4.98 Å². The molecule has 3 rings (SSSR count). The third-order valence-corrected chi connectivity index (χ3v) is 4.92. The van der Waals surface area contributed by atoms with E-state index in [1.165, 1.54) is 16.9 Å². The molecule has 0 aliphatic heterocycles. The third kappa shape index (κ3) is 5.40. The number of hydrogen-bond acceptors (Lipinski definition) is 7. The van der Waals surface area contributed by atoms with Crippen LogP contribution < -0.4 is 21.9 Å². The number of anilines is 2. The first-order chi connectivity index (χ1) is 15.7. The molecule has 0 unspecified atom stereocenters. The second kappa shape index (κ2) is 10.0. The molecule has 1 amide bonds. The van der Waals surface area contributed by atoms with Crippen LogP contribution in [-0.2, 0) is 16.1 Å². The largest absolute Gasteiger partial charge is 0.469 e. The number of nitrogen functional groups attached to an aromatic ring is 1. The molecule has 0 atom stereocenters. The summed E-state index contributed by atoms with van der Waals surface area (Å²) in [5.41, 5.74) is 5.56. The maximum absolute atomic E-state index is 13.0. The van der Waals surface area contributed by atoms with E-state index >= 15 is 0 Å². The first kappa shape index (κ1) is 23.6. The minimum atomic E-state index is -0.798. The Labute approximate surface area is 189 Å². The van der Waals surface area contributed by atoms with Crippen LogP contribution in [0.2, 0.25) is 0 Å². The number of ether oxygens (including phenoxy) is 1. The molecule has 0 aliphatic carbocycles. The van der Waals surface area contributed by atoms with Crippen molar-refractivity contribution in [2.24, 2.45) is 5.92 Å². The molecular weight excluding hydrogens is 428 g/mol. The Kier molecular flexibility index (Phi) is 7.17. The van der Waals surface area contributed by atoms with Crippen molar-refractivity contribution in [2.75, 3.05) is 23.8 Å². The number of H-pyrrole nitrogens is 1. The molecule has 2 heterocycles. The molecule has 0 bridgehead atoms. The van der Waals surface area contributed by atoms with Crippen molar-refractivity contribution in [2.45, 2.75) is 27.3 Å². The highest BCUT2D eigenvalue weighted by Crippen LogP contribution is 2.20. The Bertz CT molecular complexity index is 1260. The fourth-order valence-corrected chi connectivity index (χ4v) is 3.32. The smallest absolute Gasteiger partial charge is 0.342 e. The number of rotatable bonds is 8. The summed E-state index contributed by atoms with van der Waals surface area (Å²) in [7, 11) is 0. The lowest BCUT2D eigenvalue weighted by atomic mass is 10.2. The van der Waals surface area contributed by atoms with Crippen LogP contribution in [0.3, 0.4) is 0 Å². The monoisotopic (exact) mass is 454 g/mol. The summed E-state index contributed by atoms with van der Waals surface area (Å²) in [5.74, 6) is -1.22. The number of nitrogens with two attached hydrogens (primary N) is 1. The van der Waals surface area contributed by atoms with Crippen molar-refractivity contribution in [3.63, 3.8) is 0 Å². The van der Waals surface area contributed by atoms with Crippen molar-refractivity contribution < 1.29 is 18.7 Å². The number of aromatic nitrogens is 2. The second-order valence-electron chi connectivity index (χ2n) is 7.93. The Morgan fingerprint density at radius 1 is 1.18 bits per heavy atom. The number of furan rings is 1. The first-order valence-corrected chi connectivity index (χ1v) is 10.4. The van der Waals surface area contributed by atoms with E-state index in [9.17, 15) is 19.2 Å². The second-order valence-corrected chi connectivity index (χ2v) is 7.93. The van der Waals surface area contributed by atoms with Gasteiger partial charge in [-0.2, -0.15) is 0 Å². The van der Waals surface area contributed by atoms with E-state index in [1.807, 2.05) is 44.2 Å². The van der Waals surface area contributed by atoms with Gasteiger partial charge in [0.15, 0.2) is 12.3 Å². The standard InChI is InChI=1S/C23H26N4O6/c1-14(2)11-26(18(28)13-33-22(30)17-9-10-32-15(17)3)19-20(24)27(23(31)25-21(19)29)12-16-7-5-4-6-8-16/h4-10,14H,11-13,24H2,1-3H3,(H,25,29,31). The maximum atomic E-state index is 13.0. The Balaban J connectivity index is 1.93. The van der Waals surface area contributed by atoms with Gasteiger partial charge in [-0.3, -0.25) is 19.1 Å². The molecule has 0 fully saturated rings. The molecule has 0 radical (unpaired) electrons. The molecule has 0 saturated carbocycles. The molecule has 3 aromatic rings. The summed E-state index contributed by atoms with van der Waals surface area (Å²) in [6.07, 6.45) is 1.34. The van der Waals surface area contributed by atoms with E-state index in [-0.39, 0.29) is 36.1 Å². The van der Waals surface area contributed by atoms with Gasteiger partial charge in [0.1, 0.15) is 17.1 Å². The lowest BCUT2D eigenvalue weighted by Crippen LogP contribution is -2.44. The van der Waals surface area contributed by atoms with Gasteiger partial charge in [0, 0.05) is 6.54 Å². The van der Waals surface area contributed by atoms with Gasteiger partial charge in [-0.25, -0.2) is 9.59 Å². The van der Waals surface area contributed by atoms with Gasteiger partial charge < -0.3 is 19.8 Å². The molecule has 3 N–H and O–H groups in total. The van der Waals surface area contributed by atoms with Crippen molar-refractivity contribution >= 4 is 23.4 Å². The number of aromatic amines is 1. The molecule has 10 nitrogen and oxygen atoms in total. The fraction of sp³-hybridized carbons (Fsp3) is 0.304. The highest BCUT2D eigenvalue weighted by atomic mass is 16.5. The van der Waals surface area contributed by atoms with Crippen LogP contribution in [-0.4, -0.2) is 34.6 Å². The zero-order valence-electron chi connectivity index (χ0n) is 18.7. The molecule has 174 valence electrons. The van der Waals surface area contributed by atoms with Crippen LogP contribution >= 0.6 is 0 Å². The lowest BCUT2D eigenvalue weighted by Gasteiger charge is -2.26. The van der Waals surface area contributed by atoms with Gasteiger partial charge >= 0.3 is 11.7 Å². The number of carbonyl (C=O) groups excluding carboxylic acids is 2. The molecule has 1 aromatic carbocycles. The molecule has 0 spiro atoms. The summed E-state index contributed by atoms with van der Waals surface area (Å²) in [6.45, 7) is 4.91. The van der Waals surface area contributed by atoms with Crippen molar-refractivity contribution in [3.8, 4) is 0 Å². The Hall–Kier alpha value is -4.08. The van der Waals surface area contributed by atoms with Crippen LogP contribution in [0.25, 0.3) is 0 Å². The predicted molar refractivity (Wildman–Crippen MR) is 122 cm³/mol. The van der Waals surface area contributed by atoms with E-state index < -0.39 is 29.7 Å². The molecule has 0 saturated heterocycles. The molecule has 2 aromatic heterocycles. The first-order valence-electron chi connectivity index (χ1n) is 10.4. The van der Waals surface area contributed by atoms with Gasteiger partial charge in [-0.1, -0.05) is 44.2 Å². The van der Waals surface area contributed by atoms with Crippen LogP contribution in [0.4, 0.5) is 11.5 Å². The number of hydrogen-bond donors (Lipinski definition) is 2. The lowest BCUT2D eigenvalue weighted by molar-refractivity contribution is -0.121. The van der Waals surface area contributed by atoms with E-state index in [0.29, 0.717) is 5.76 Å². The van der Waals surface area contributed by atoms with Crippen molar-refractivity contribution in [1.82, 2.24) is 9.55 Å². The van der Waals surface area contributed by atoms with Crippen LogP contribution in [0.15, 0.2) is 56.7 Å². The highest BCUT2D eigenvalue weighted by Gasteiger charge is 2.26. The van der Waals surface area contributed by atoms with Gasteiger partial charge in [-0.15, -0.1) is 0 Å². The Morgan fingerprint density at radius 2 is 1.88 bits per heavy atom. The summed E-state index contributed by atoms with van der Waals surface area (Å²) < 4.78 is 11.4. The van der Waals surface area contributed by atoms with Gasteiger partial charge in [0.25, 0.3) is 11.5 Å². The predicted octanol–water partition coefficient (Wildman–Crippen LogP) is 1.91. The van der Waals surface area contributed by atoms with E-state index in [4.69, 9.17) is 14.9 Å². The summed E-state index contributed by atoms with van der Waals surface area (Å²) >= 11 is 0. The number of aryl methyl sites for hydroxylation is 1. The van der Waals surface area contributed by atoms with Gasteiger partial charge in [-0.05, 0) is 24.5 Å². The average Bonchev–Trinajstić information content (AvgIpc) is 3.20. The number of nitrogens with zero attached hydrogens (tertiary/aromatic N) is 2. The summed E-state index contributed by atoms with van der Waals surface area (Å²) in [4.78, 5) is 53.8. The van der Waals surface area contributed by atoms with Crippen molar-refractivity contribution in [1.29, 1.82) is 0 Å². The SMILES string of the molecule is Cc1occc1C(=O)OCC(=O)N(CC(C)C)c1c(N)n(Cc2ccccc2)c(=O)[nH]c1=O. The number of benzene rings is 1. The van der Waals surface area contributed by atoms with Gasteiger partial charge in [0.05, 0.1) is 12.8 Å². The van der Waals surface area contributed by atoms with E-state index in [0.717, 1.165) is 10.5 Å². The van der Waals surface area contributed by atoms with Crippen LogP contribution in [0, 0.1) is 12.8 Å². The van der Waals surface area contributed by atoms with Gasteiger partial charge in [0.2, 0.25) is 0 Å². The summed E-state index contributed by atoms with van der Waals surface area (Å²) in [5, 5.41) is 0. The summed E-state index contributed by atoms with van der Waals surface area (Å²) in [6, 6.07) is 10.5. The fourth-order valence-electron chi connectivity index (χ4n) is 3.32. The van der Waals surface area contributed by atoms with E-state index in [1.54, 1.807) is 6.92 Å². The highest BCUT2D eigenvalue weighted by molar-refractivity contribution is 5.98. The molecule has 0 aliphatic rings. The number of amides is 1. The number of carbonyl (C=O) groups is 2. The average molecular weight is 454 g/mol. The molecular formula is C23H26N4O6. The zero-order chi connectivity index (χ0) is 24.1. The van der Waals surface area contributed by atoms with Crippen molar-refractivity contribution in [3.05, 3.63) is 80.4 Å². The number of esters is 1. The molecule has 10 heteroatoms. The van der Waals surface area contributed by atoms with Crippen LogP contribution in [0.1, 0.15) is 35.5 Å². The quantitative estimate of drug-likeness (QED) is 0.495. The topological polar surface area (TPSA) is 141 Å². The minimum Gasteiger partial charge on any atom is -0.469 e. The zero-order valence-corrected chi connectivity index (χ0v) is 18.7.